The normalized spacial score (nSPS) is 10.9. The summed E-state index contributed by atoms with van der Waals surface area (Å²) in [6, 6.07) is 3.37. The van der Waals surface area contributed by atoms with Crippen molar-refractivity contribution in [2.75, 3.05) is 11.5 Å². The van der Waals surface area contributed by atoms with Gasteiger partial charge in [0.25, 0.3) is 4.92 Å². The van der Waals surface area contributed by atoms with Crippen molar-refractivity contribution in [3.05, 3.63) is 23.1 Å². The number of fused-ring (bicyclic) bond motifs is 2. The summed E-state index contributed by atoms with van der Waals surface area (Å²) in [5, 5.41) is 25.1. The number of rotatable bonds is 4. The maximum atomic E-state index is 13.0. The summed E-state index contributed by atoms with van der Waals surface area (Å²) in [6.07, 6.45) is 0. The van der Waals surface area contributed by atoms with E-state index in [1.165, 1.54) is 6.07 Å². The SMILES string of the molecule is NOc1cc([N+](=O)ON)cc2c([O-])c3c(N)cc(N)c(ON)c3c([O-])c12. The molecule has 3 aromatic rings. The van der Waals surface area contributed by atoms with E-state index in [0.717, 1.165) is 12.1 Å². The number of hydrogen-bond acceptors (Lipinski definition) is 11. The van der Waals surface area contributed by atoms with Crippen LogP contribution in [-0.2, 0) is 4.94 Å². The first-order chi connectivity index (χ1) is 12.3. The highest BCUT2D eigenvalue weighted by Gasteiger charge is 2.23. The summed E-state index contributed by atoms with van der Waals surface area (Å²) in [6.45, 7) is 0. The summed E-state index contributed by atoms with van der Waals surface area (Å²) in [4.78, 5) is 24.9. The van der Waals surface area contributed by atoms with Crippen LogP contribution in [-0.4, -0.2) is 4.92 Å². The molecule has 0 unspecified atom stereocenters. The van der Waals surface area contributed by atoms with Crippen LogP contribution in [0.1, 0.15) is 0 Å². The lowest BCUT2D eigenvalue weighted by Gasteiger charge is -2.25. The highest BCUT2D eigenvalue weighted by atomic mass is 16.8. The van der Waals surface area contributed by atoms with Gasteiger partial charge in [-0.1, -0.05) is 17.4 Å². The molecule has 26 heavy (non-hydrogen) atoms. The van der Waals surface area contributed by atoms with Gasteiger partial charge in [-0.15, -0.1) is 4.94 Å². The summed E-state index contributed by atoms with van der Waals surface area (Å²) in [5.74, 6) is 13.3. The molecular weight excluding hydrogens is 348 g/mol. The molecule has 0 aliphatic rings. The first kappa shape index (κ1) is 17.1. The molecule has 0 atom stereocenters. The summed E-state index contributed by atoms with van der Waals surface area (Å²) < 4.78 is 0. The Morgan fingerprint density at radius 2 is 1.54 bits per heavy atom. The molecule has 12 nitrogen and oxygen atoms in total. The van der Waals surface area contributed by atoms with Gasteiger partial charge in [-0.3, -0.25) is 0 Å². The van der Waals surface area contributed by atoms with Gasteiger partial charge in [0.05, 0.1) is 16.7 Å². The van der Waals surface area contributed by atoms with Crippen LogP contribution in [0, 0.1) is 4.91 Å². The molecule has 0 aliphatic carbocycles. The van der Waals surface area contributed by atoms with Crippen LogP contribution in [0.25, 0.3) is 21.5 Å². The maximum absolute atomic E-state index is 13.0. The molecule has 0 fully saturated rings. The third-order valence-electron chi connectivity index (χ3n) is 3.90. The Bertz CT molecular complexity index is 1070. The molecule has 0 spiro atoms. The van der Waals surface area contributed by atoms with Crippen LogP contribution >= 0.6 is 0 Å². The van der Waals surface area contributed by atoms with Crippen LogP contribution < -0.4 is 49.0 Å². The van der Waals surface area contributed by atoms with E-state index in [4.69, 9.17) is 29.2 Å². The summed E-state index contributed by atoms with van der Waals surface area (Å²) in [5.41, 5.74) is 11.3. The second-order valence-corrected chi connectivity index (χ2v) is 5.26. The largest absolute Gasteiger partial charge is 0.872 e. The van der Waals surface area contributed by atoms with Gasteiger partial charge >= 0.3 is 5.69 Å². The average Bonchev–Trinajstić information content (AvgIpc) is 2.63. The second kappa shape index (κ2) is 5.96. The van der Waals surface area contributed by atoms with E-state index in [-0.39, 0.29) is 55.0 Å². The Morgan fingerprint density at radius 1 is 0.846 bits per heavy atom. The summed E-state index contributed by atoms with van der Waals surface area (Å²) in [7, 11) is 0. The minimum Gasteiger partial charge on any atom is -0.872 e. The van der Waals surface area contributed by atoms with Crippen LogP contribution in [0.15, 0.2) is 18.2 Å². The lowest BCUT2D eigenvalue weighted by molar-refractivity contribution is -0.749. The van der Waals surface area contributed by atoms with E-state index in [2.05, 4.69) is 14.6 Å². The Morgan fingerprint density at radius 3 is 2.12 bits per heavy atom. The molecule has 10 N–H and O–H groups in total. The predicted octanol–water partition coefficient (Wildman–Crippen LogP) is -0.975. The van der Waals surface area contributed by atoms with Gasteiger partial charge in [0.15, 0.2) is 11.5 Å². The zero-order valence-corrected chi connectivity index (χ0v) is 13.0. The van der Waals surface area contributed by atoms with Crippen molar-refractivity contribution in [1.29, 1.82) is 0 Å². The average molecular weight is 361 g/mol. The van der Waals surface area contributed by atoms with Crippen molar-refractivity contribution in [2.24, 2.45) is 17.7 Å². The number of benzene rings is 3. The van der Waals surface area contributed by atoms with Crippen LogP contribution in [0.2, 0.25) is 0 Å². The van der Waals surface area contributed by atoms with Crippen molar-refractivity contribution in [1.82, 2.24) is 0 Å². The number of hydrogen-bond donors (Lipinski definition) is 5. The van der Waals surface area contributed by atoms with E-state index in [0.29, 0.717) is 0 Å². The van der Waals surface area contributed by atoms with Gasteiger partial charge in [-0.2, -0.15) is 11.8 Å². The molecule has 0 heterocycles. The monoisotopic (exact) mass is 361 g/mol. The van der Waals surface area contributed by atoms with Crippen molar-refractivity contribution in [3.8, 4) is 23.0 Å². The summed E-state index contributed by atoms with van der Waals surface area (Å²) >= 11 is 0. The second-order valence-electron chi connectivity index (χ2n) is 5.26. The van der Waals surface area contributed by atoms with E-state index < -0.39 is 11.5 Å². The molecule has 0 aliphatic heterocycles. The fraction of sp³-hybridized carbons (Fsp3) is 0. The molecule has 0 saturated heterocycles. The topological polar surface area (TPSA) is 224 Å². The maximum Gasteiger partial charge on any atom is 0.323 e. The van der Waals surface area contributed by atoms with Gasteiger partial charge in [0, 0.05) is 27.9 Å². The molecule has 3 aromatic carbocycles. The molecule has 0 bridgehead atoms. The standard InChI is InChI=1S/C14H14N6O6/c15-6-3-7(16)14(25-18)11-10(6)12(21)5-1-4(20(23)26-19)2-8(24-17)9(5)13(11)22/h1-3H,17-19H2,(H5-,15,16,21,22,23)/p-1. The Labute approximate surface area is 144 Å². The molecular formula is C14H13N6O6-. The Hall–Kier alpha value is -3.74. The van der Waals surface area contributed by atoms with Crippen LogP contribution in [0.4, 0.5) is 17.1 Å². The zero-order chi connectivity index (χ0) is 19.2. The highest BCUT2D eigenvalue weighted by Crippen LogP contribution is 2.50. The van der Waals surface area contributed by atoms with Crippen molar-refractivity contribution in [3.63, 3.8) is 0 Å². The first-order valence-electron chi connectivity index (χ1n) is 6.92. The van der Waals surface area contributed by atoms with E-state index in [9.17, 15) is 15.1 Å². The Kier molecular flexibility index (Phi) is 3.92. The van der Waals surface area contributed by atoms with Gasteiger partial charge < -0.3 is 31.4 Å². The Balaban J connectivity index is 2.62. The number of anilines is 2. The predicted molar refractivity (Wildman–Crippen MR) is 87.4 cm³/mol. The van der Waals surface area contributed by atoms with Gasteiger partial charge in [0.1, 0.15) is 0 Å². The van der Waals surface area contributed by atoms with E-state index in [1.807, 2.05) is 0 Å². The van der Waals surface area contributed by atoms with Crippen molar-refractivity contribution in [2.45, 2.75) is 0 Å². The van der Waals surface area contributed by atoms with E-state index >= 15 is 0 Å². The van der Waals surface area contributed by atoms with Gasteiger partial charge in [-0.25, -0.2) is 0 Å². The minimum absolute atomic E-state index is 0.0394. The van der Waals surface area contributed by atoms with E-state index in [1.54, 1.807) is 0 Å². The first-order valence-corrected chi connectivity index (χ1v) is 6.92. The molecule has 0 amide bonds. The van der Waals surface area contributed by atoms with Crippen molar-refractivity contribution < 1.29 is 29.7 Å². The molecule has 0 saturated carbocycles. The fourth-order valence-electron chi connectivity index (χ4n) is 2.83. The fourth-order valence-corrected chi connectivity index (χ4v) is 2.83. The zero-order valence-electron chi connectivity index (χ0n) is 13.0. The van der Waals surface area contributed by atoms with Gasteiger partial charge in [0.2, 0.25) is 0 Å². The molecule has 0 aromatic heterocycles. The van der Waals surface area contributed by atoms with Crippen LogP contribution in [0.5, 0.6) is 23.0 Å². The quantitative estimate of drug-likeness (QED) is 0.216. The van der Waals surface area contributed by atoms with Crippen LogP contribution in [0.3, 0.4) is 0 Å². The molecule has 3 rings (SSSR count). The molecule has 0 radical (unpaired) electrons. The van der Waals surface area contributed by atoms with Crippen molar-refractivity contribution >= 4 is 38.6 Å². The number of nitrogens with two attached hydrogens (primary N) is 5. The molecule has 12 heteroatoms. The lowest BCUT2D eigenvalue weighted by Crippen LogP contribution is -2.12. The lowest BCUT2D eigenvalue weighted by atomic mass is 9.97. The number of nitrogens with zero attached hydrogens (tertiary/aromatic N) is 1. The smallest absolute Gasteiger partial charge is 0.323 e. The van der Waals surface area contributed by atoms with Gasteiger partial charge in [-0.05, 0) is 11.5 Å². The molecule has 136 valence electrons. The third-order valence-corrected chi connectivity index (χ3v) is 3.90. The third kappa shape index (κ3) is 2.21. The minimum atomic E-state index is -0.729. The number of nitrogen functional groups attached to an aromatic ring is 2. The highest BCUT2D eigenvalue weighted by molar-refractivity contribution is 6.19.